The first-order chi connectivity index (χ1) is 11.9. The summed E-state index contributed by atoms with van der Waals surface area (Å²) in [5.41, 5.74) is 1.58. The lowest BCUT2D eigenvalue weighted by molar-refractivity contribution is 0.0752. The summed E-state index contributed by atoms with van der Waals surface area (Å²) in [7, 11) is -1.34. The monoisotopic (exact) mass is 395 g/mol. The van der Waals surface area contributed by atoms with Crippen LogP contribution in [0.4, 0.5) is 0 Å². The first-order valence-electron chi connectivity index (χ1n) is 8.66. The Morgan fingerprint density at radius 3 is 2.42 bits per heavy atom. The summed E-state index contributed by atoms with van der Waals surface area (Å²) in [5.74, 6) is 0.828. The number of hydrogen-bond donors (Lipinski definition) is 0. The van der Waals surface area contributed by atoms with Crippen molar-refractivity contribution < 1.29 is 13.2 Å². The molecule has 1 fully saturated rings. The Balaban J connectivity index is 2.01. The second-order valence-electron chi connectivity index (χ2n) is 8.09. The average Bonchev–Trinajstić information content (AvgIpc) is 3.05. The number of nitrogens with zero attached hydrogens (tertiary/aromatic N) is 3. The molecule has 3 rings (SSSR count). The summed E-state index contributed by atoms with van der Waals surface area (Å²) >= 11 is 1.37. The molecule has 0 bridgehead atoms. The van der Waals surface area contributed by atoms with Gasteiger partial charge < -0.3 is 4.90 Å². The molecule has 1 amide bonds. The maximum absolute atomic E-state index is 13.0. The van der Waals surface area contributed by atoms with E-state index in [1.807, 2.05) is 13.8 Å². The Bertz CT molecular complexity index is 987. The molecule has 2 aromatic rings. The Hall–Kier alpha value is -1.54. The molecule has 1 unspecified atom stereocenters. The second kappa shape index (κ2) is 6.27. The maximum Gasteiger partial charge on any atom is 0.264 e. The van der Waals surface area contributed by atoms with Crippen LogP contribution >= 0.6 is 11.3 Å². The zero-order valence-corrected chi connectivity index (χ0v) is 17.7. The van der Waals surface area contributed by atoms with Gasteiger partial charge in [0.05, 0.1) is 22.1 Å². The minimum atomic E-state index is -3.03. The van der Waals surface area contributed by atoms with Crippen LogP contribution in [0.1, 0.15) is 53.9 Å². The van der Waals surface area contributed by atoms with Crippen LogP contribution in [0.5, 0.6) is 0 Å². The van der Waals surface area contributed by atoms with Crippen LogP contribution in [0.3, 0.4) is 0 Å². The van der Waals surface area contributed by atoms with Gasteiger partial charge in [-0.2, -0.15) is 0 Å². The Kier molecular flexibility index (Phi) is 4.63. The van der Waals surface area contributed by atoms with Gasteiger partial charge in [-0.3, -0.25) is 4.79 Å². The molecule has 6 nitrogen and oxygen atoms in total. The SMILES string of the molecule is Cc1nc(C(C)(C)C)nc2sc(C(=O)N(C)C3CCS(=O)(=O)C3)c(C)c12. The van der Waals surface area contributed by atoms with Gasteiger partial charge in [-0.25, -0.2) is 18.4 Å². The van der Waals surface area contributed by atoms with Gasteiger partial charge in [-0.05, 0) is 25.8 Å². The molecule has 0 aromatic carbocycles. The van der Waals surface area contributed by atoms with E-state index in [9.17, 15) is 13.2 Å². The summed E-state index contributed by atoms with van der Waals surface area (Å²) in [6.07, 6.45) is 0.502. The minimum Gasteiger partial charge on any atom is -0.337 e. The first-order valence-corrected chi connectivity index (χ1v) is 11.3. The molecular weight excluding hydrogens is 370 g/mol. The molecule has 0 spiro atoms. The fraction of sp³-hybridized carbons (Fsp3) is 0.611. The van der Waals surface area contributed by atoms with Gasteiger partial charge in [0.1, 0.15) is 10.7 Å². The van der Waals surface area contributed by atoms with Crippen molar-refractivity contribution in [2.45, 2.75) is 52.5 Å². The molecule has 1 atom stereocenters. The lowest BCUT2D eigenvalue weighted by Crippen LogP contribution is -2.37. The highest BCUT2D eigenvalue weighted by Gasteiger charge is 2.34. The summed E-state index contributed by atoms with van der Waals surface area (Å²) in [5, 5.41) is 0.929. The Labute approximate surface area is 158 Å². The highest BCUT2D eigenvalue weighted by molar-refractivity contribution is 7.91. The lowest BCUT2D eigenvalue weighted by Gasteiger charge is -2.23. The summed E-state index contributed by atoms with van der Waals surface area (Å²) in [6, 6.07) is -0.255. The zero-order chi connectivity index (χ0) is 19.4. The van der Waals surface area contributed by atoms with Crippen molar-refractivity contribution in [3.05, 3.63) is 22.0 Å². The fourth-order valence-corrected chi connectivity index (χ4v) is 6.27. The van der Waals surface area contributed by atoms with Crippen molar-refractivity contribution in [3.63, 3.8) is 0 Å². The summed E-state index contributed by atoms with van der Waals surface area (Å²) < 4.78 is 23.5. The number of carbonyl (C=O) groups excluding carboxylic acids is 1. The number of hydrogen-bond acceptors (Lipinski definition) is 6. The van der Waals surface area contributed by atoms with Crippen molar-refractivity contribution in [1.82, 2.24) is 14.9 Å². The van der Waals surface area contributed by atoms with E-state index in [1.54, 1.807) is 11.9 Å². The van der Waals surface area contributed by atoms with E-state index in [0.29, 0.717) is 11.3 Å². The first kappa shape index (κ1) is 19.2. The molecule has 1 saturated heterocycles. The largest absolute Gasteiger partial charge is 0.337 e. The third kappa shape index (κ3) is 3.36. The van der Waals surface area contributed by atoms with Crippen LogP contribution in [0.25, 0.3) is 10.2 Å². The molecule has 0 N–H and O–H groups in total. The van der Waals surface area contributed by atoms with Crippen LogP contribution in [0, 0.1) is 13.8 Å². The Morgan fingerprint density at radius 2 is 1.88 bits per heavy atom. The van der Waals surface area contributed by atoms with Crippen molar-refractivity contribution in [2.75, 3.05) is 18.6 Å². The van der Waals surface area contributed by atoms with Gasteiger partial charge in [-0.1, -0.05) is 20.8 Å². The topological polar surface area (TPSA) is 80.2 Å². The number of carbonyl (C=O) groups is 1. The van der Waals surface area contributed by atoms with E-state index < -0.39 is 9.84 Å². The van der Waals surface area contributed by atoms with E-state index >= 15 is 0 Å². The number of rotatable bonds is 2. The molecule has 2 aromatic heterocycles. The zero-order valence-electron chi connectivity index (χ0n) is 16.1. The quantitative estimate of drug-likeness (QED) is 0.781. The van der Waals surface area contributed by atoms with Crippen LogP contribution in [-0.2, 0) is 15.3 Å². The number of aromatic nitrogens is 2. The minimum absolute atomic E-state index is 0.0478. The standard InChI is InChI=1S/C18H25N3O3S2/c1-10-13-11(2)19-17(18(3,4)5)20-15(13)25-14(10)16(22)21(6)12-7-8-26(23,24)9-12/h12H,7-9H2,1-6H3. The van der Waals surface area contributed by atoms with Gasteiger partial charge >= 0.3 is 0 Å². The van der Waals surface area contributed by atoms with Gasteiger partial charge in [-0.15, -0.1) is 11.3 Å². The lowest BCUT2D eigenvalue weighted by atomic mass is 9.95. The van der Waals surface area contributed by atoms with Crippen molar-refractivity contribution >= 4 is 37.3 Å². The Morgan fingerprint density at radius 1 is 1.23 bits per heavy atom. The predicted octanol–water partition coefficient (Wildman–Crippen LogP) is 2.86. The van der Waals surface area contributed by atoms with Crippen molar-refractivity contribution in [1.29, 1.82) is 0 Å². The molecule has 1 aliphatic rings. The van der Waals surface area contributed by atoms with Crippen LogP contribution in [0.2, 0.25) is 0 Å². The number of fused-ring (bicyclic) bond motifs is 1. The third-order valence-electron chi connectivity index (χ3n) is 4.91. The van der Waals surface area contributed by atoms with Gasteiger partial charge in [0.15, 0.2) is 9.84 Å². The van der Waals surface area contributed by atoms with Crippen LogP contribution in [-0.4, -0.2) is 53.8 Å². The number of aryl methyl sites for hydroxylation is 2. The molecule has 0 aliphatic carbocycles. The van der Waals surface area contributed by atoms with Crippen LogP contribution in [0.15, 0.2) is 0 Å². The summed E-state index contributed by atoms with van der Waals surface area (Å²) in [6.45, 7) is 10.1. The number of thiophene rings is 1. The van der Waals surface area contributed by atoms with E-state index in [-0.39, 0.29) is 28.9 Å². The van der Waals surface area contributed by atoms with Crippen molar-refractivity contribution in [2.24, 2.45) is 0 Å². The molecular formula is C18H25N3O3S2. The van der Waals surface area contributed by atoms with E-state index in [0.717, 1.165) is 27.3 Å². The molecule has 3 heterocycles. The molecule has 0 radical (unpaired) electrons. The number of amides is 1. The van der Waals surface area contributed by atoms with Gasteiger partial charge in [0, 0.05) is 23.9 Å². The summed E-state index contributed by atoms with van der Waals surface area (Å²) in [4.78, 5) is 25.4. The van der Waals surface area contributed by atoms with Crippen molar-refractivity contribution in [3.8, 4) is 0 Å². The van der Waals surface area contributed by atoms with E-state index in [4.69, 9.17) is 4.98 Å². The maximum atomic E-state index is 13.0. The molecule has 142 valence electrons. The third-order valence-corrected chi connectivity index (χ3v) is 7.84. The van der Waals surface area contributed by atoms with E-state index in [1.165, 1.54) is 11.3 Å². The predicted molar refractivity (Wildman–Crippen MR) is 105 cm³/mol. The fourth-order valence-electron chi connectivity index (χ4n) is 3.29. The second-order valence-corrected chi connectivity index (χ2v) is 11.3. The average molecular weight is 396 g/mol. The smallest absolute Gasteiger partial charge is 0.264 e. The van der Waals surface area contributed by atoms with Gasteiger partial charge in [0.2, 0.25) is 0 Å². The van der Waals surface area contributed by atoms with Crippen LogP contribution < -0.4 is 0 Å². The molecule has 26 heavy (non-hydrogen) atoms. The normalized spacial score (nSPS) is 19.8. The molecule has 1 aliphatic heterocycles. The highest BCUT2D eigenvalue weighted by Crippen LogP contribution is 2.34. The van der Waals surface area contributed by atoms with E-state index in [2.05, 4.69) is 25.8 Å². The molecule has 0 saturated carbocycles. The highest BCUT2D eigenvalue weighted by atomic mass is 32.2. The van der Waals surface area contributed by atoms with Gasteiger partial charge in [0.25, 0.3) is 5.91 Å². The number of sulfone groups is 1. The molecule has 8 heteroatoms.